The number of halogens is 3. The highest BCUT2D eigenvalue weighted by Gasteiger charge is 2.34. The molecule has 0 aliphatic carbocycles. The van der Waals surface area contributed by atoms with Crippen molar-refractivity contribution in [1.82, 2.24) is 0 Å². The van der Waals surface area contributed by atoms with Crippen LogP contribution in [-0.2, 0) is 11.0 Å². The zero-order valence-corrected chi connectivity index (χ0v) is 9.57. The average Bonchev–Trinajstić information content (AvgIpc) is 2.29. The molecule has 0 aliphatic heterocycles. The molecule has 1 aromatic rings. The number of carbonyl (C=O) groups is 1. The molecule has 2 nitrogen and oxygen atoms in total. The third-order valence-corrected chi connectivity index (χ3v) is 2.62. The van der Waals surface area contributed by atoms with E-state index in [0.717, 1.165) is 6.07 Å². The first-order valence-corrected chi connectivity index (χ1v) is 5.36. The van der Waals surface area contributed by atoms with E-state index >= 15 is 0 Å². The molecule has 1 aromatic carbocycles. The maximum Gasteiger partial charge on any atom is 0.416 e. The Bertz CT molecular complexity index is 438. The van der Waals surface area contributed by atoms with E-state index in [0.29, 0.717) is 0 Å². The van der Waals surface area contributed by atoms with E-state index in [4.69, 9.17) is 5.11 Å². The van der Waals surface area contributed by atoms with Crippen molar-refractivity contribution < 1.29 is 23.1 Å². The van der Waals surface area contributed by atoms with Gasteiger partial charge in [-0.2, -0.15) is 13.2 Å². The first kappa shape index (κ1) is 14.3. The molecular weight excluding hydrogens is 245 g/mol. The number of hydrogen-bond acceptors (Lipinski definition) is 1. The van der Waals surface area contributed by atoms with Gasteiger partial charge in [0.25, 0.3) is 0 Å². The van der Waals surface area contributed by atoms with Crippen molar-refractivity contribution in [1.29, 1.82) is 0 Å². The number of carboxylic acids is 1. The molecule has 1 rings (SSSR count). The van der Waals surface area contributed by atoms with Crippen LogP contribution in [0.25, 0.3) is 0 Å². The molecule has 0 aromatic heterocycles. The lowest BCUT2D eigenvalue weighted by molar-refractivity contribution is -0.138. The molecule has 1 N–H and O–H groups in total. The summed E-state index contributed by atoms with van der Waals surface area (Å²) in [7, 11) is 0. The highest BCUT2D eigenvalue weighted by atomic mass is 19.4. The van der Waals surface area contributed by atoms with E-state index in [1.54, 1.807) is 0 Å². The van der Waals surface area contributed by atoms with Gasteiger partial charge in [0.05, 0.1) is 5.56 Å². The molecule has 0 fully saturated rings. The normalized spacial score (nSPS) is 13.1. The second-order valence-corrected chi connectivity index (χ2v) is 3.86. The van der Waals surface area contributed by atoms with Crippen LogP contribution in [0.15, 0.2) is 36.9 Å². The van der Waals surface area contributed by atoms with Gasteiger partial charge in [0.1, 0.15) is 0 Å². The summed E-state index contributed by atoms with van der Waals surface area (Å²) in [5, 5.41) is 8.58. The van der Waals surface area contributed by atoms with Gasteiger partial charge in [0, 0.05) is 12.3 Å². The minimum absolute atomic E-state index is 0.0706. The standard InChI is InChI=1S/C13H13F3O2/c1-2-9(7-8-12(17)18)10-5-3-4-6-11(10)13(14,15)16/h2-6,9H,1,7-8H2,(H,17,18). The van der Waals surface area contributed by atoms with Crippen LogP contribution in [0.3, 0.4) is 0 Å². The van der Waals surface area contributed by atoms with Crippen LogP contribution in [0.5, 0.6) is 0 Å². The fraction of sp³-hybridized carbons (Fsp3) is 0.308. The number of aliphatic carboxylic acids is 1. The molecule has 0 radical (unpaired) electrons. The van der Waals surface area contributed by atoms with Crippen LogP contribution in [-0.4, -0.2) is 11.1 Å². The van der Waals surface area contributed by atoms with Crippen molar-refractivity contribution in [2.75, 3.05) is 0 Å². The lowest BCUT2D eigenvalue weighted by Gasteiger charge is -2.18. The van der Waals surface area contributed by atoms with Crippen LogP contribution in [0.2, 0.25) is 0 Å². The molecule has 0 aliphatic rings. The summed E-state index contributed by atoms with van der Waals surface area (Å²) in [6.45, 7) is 3.48. The predicted molar refractivity (Wildman–Crippen MR) is 61.3 cm³/mol. The maximum atomic E-state index is 12.8. The SMILES string of the molecule is C=CC(CCC(=O)O)c1ccccc1C(F)(F)F. The van der Waals surface area contributed by atoms with Crippen LogP contribution in [0, 0.1) is 0 Å². The summed E-state index contributed by atoms with van der Waals surface area (Å²) in [5.74, 6) is -1.65. The van der Waals surface area contributed by atoms with Crippen molar-refractivity contribution in [2.45, 2.75) is 24.9 Å². The van der Waals surface area contributed by atoms with Crippen LogP contribution >= 0.6 is 0 Å². The summed E-state index contributed by atoms with van der Waals surface area (Å²) in [6, 6.07) is 5.16. The van der Waals surface area contributed by atoms with Gasteiger partial charge in [0.2, 0.25) is 0 Å². The van der Waals surface area contributed by atoms with Gasteiger partial charge in [-0.3, -0.25) is 4.79 Å². The van der Waals surface area contributed by atoms with Gasteiger partial charge in [0.15, 0.2) is 0 Å². The molecule has 98 valence electrons. The largest absolute Gasteiger partial charge is 0.481 e. The molecule has 0 saturated carbocycles. The van der Waals surface area contributed by atoms with E-state index in [1.165, 1.54) is 24.3 Å². The third-order valence-electron chi connectivity index (χ3n) is 2.62. The topological polar surface area (TPSA) is 37.3 Å². The summed E-state index contributed by atoms with van der Waals surface area (Å²) in [4.78, 5) is 10.5. The number of rotatable bonds is 5. The zero-order chi connectivity index (χ0) is 13.8. The third kappa shape index (κ3) is 3.61. The first-order valence-electron chi connectivity index (χ1n) is 5.36. The number of alkyl halides is 3. The lowest BCUT2D eigenvalue weighted by atomic mass is 9.90. The number of carboxylic acid groups (broad SMARTS) is 1. The van der Waals surface area contributed by atoms with Crippen LogP contribution < -0.4 is 0 Å². The molecule has 5 heteroatoms. The quantitative estimate of drug-likeness (QED) is 0.815. The van der Waals surface area contributed by atoms with Crippen LogP contribution in [0.1, 0.15) is 29.9 Å². The Labute approximate surface area is 103 Å². The Balaban J connectivity index is 3.06. The van der Waals surface area contributed by atoms with Gasteiger partial charge in [-0.1, -0.05) is 24.3 Å². The first-order chi connectivity index (χ1) is 8.36. The molecule has 0 spiro atoms. The van der Waals surface area contributed by atoms with Crippen molar-refractivity contribution in [3.63, 3.8) is 0 Å². The minimum Gasteiger partial charge on any atom is -0.481 e. The Morgan fingerprint density at radius 2 is 2.00 bits per heavy atom. The smallest absolute Gasteiger partial charge is 0.416 e. The lowest BCUT2D eigenvalue weighted by Crippen LogP contribution is -2.12. The molecule has 1 atom stereocenters. The second-order valence-electron chi connectivity index (χ2n) is 3.86. The number of benzene rings is 1. The summed E-state index contributed by atoms with van der Waals surface area (Å²) < 4.78 is 38.4. The Hall–Kier alpha value is -1.78. The van der Waals surface area contributed by atoms with Crippen molar-refractivity contribution in [3.8, 4) is 0 Å². The number of hydrogen-bond donors (Lipinski definition) is 1. The fourth-order valence-electron chi connectivity index (χ4n) is 1.76. The van der Waals surface area contributed by atoms with Crippen molar-refractivity contribution in [3.05, 3.63) is 48.0 Å². The van der Waals surface area contributed by atoms with E-state index < -0.39 is 23.6 Å². The second kappa shape index (κ2) is 5.71. The molecule has 0 amide bonds. The highest BCUT2D eigenvalue weighted by molar-refractivity contribution is 5.66. The van der Waals surface area contributed by atoms with E-state index in [9.17, 15) is 18.0 Å². The van der Waals surface area contributed by atoms with Gasteiger partial charge in [-0.05, 0) is 18.1 Å². The van der Waals surface area contributed by atoms with Gasteiger partial charge in [-0.15, -0.1) is 6.58 Å². The van der Waals surface area contributed by atoms with Gasteiger partial charge < -0.3 is 5.11 Å². The molecule has 18 heavy (non-hydrogen) atoms. The minimum atomic E-state index is -4.44. The number of allylic oxidation sites excluding steroid dienone is 1. The van der Waals surface area contributed by atoms with Crippen molar-refractivity contribution >= 4 is 5.97 Å². The average molecular weight is 258 g/mol. The Kier molecular flexibility index (Phi) is 4.53. The molecule has 1 unspecified atom stereocenters. The van der Waals surface area contributed by atoms with E-state index in [-0.39, 0.29) is 18.4 Å². The summed E-state index contributed by atoms with van der Waals surface area (Å²) in [6.07, 6.45) is -3.18. The maximum absolute atomic E-state index is 12.8. The van der Waals surface area contributed by atoms with Gasteiger partial charge in [-0.25, -0.2) is 0 Å². The molecule has 0 heterocycles. The summed E-state index contributed by atoms with van der Waals surface area (Å²) >= 11 is 0. The predicted octanol–water partition coefficient (Wildman–Crippen LogP) is 3.84. The molecule has 0 bridgehead atoms. The highest BCUT2D eigenvalue weighted by Crippen LogP contribution is 2.36. The van der Waals surface area contributed by atoms with E-state index in [2.05, 4.69) is 6.58 Å². The Morgan fingerprint density at radius 1 is 1.39 bits per heavy atom. The van der Waals surface area contributed by atoms with Gasteiger partial charge >= 0.3 is 12.1 Å². The summed E-state index contributed by atoms with van der Waals surface area (Å²) in [5.41, 5.74) is -0.665. The zero-order valence-electron chi connectivity index (χ0n) is 9.57. The monoisotopic (exact) mass is 258 g/mol. The fourth-order valence-corrected chi connectivity index (χ4v) is 1.76. The molecular formula is C13H13F3O2. The van der Waals surface area contributed by atoms with Crippen LogP contribution in [0.4, 0.5) is 13.2 Å². The van der Waals surface area contributed by atoms with E-state index in [1.807, 2.05) is 0 Å². The molecule has 0 saturated heterocycles. The Morgan fingerprint density at radius 3 is 2.50 bits per heavy atom. The van der Waals surface area contributed by atoms with Crippen molar-refractivity contribution in [2.24, 2.45) is 0 Å².